The third-order valence-electron chi connectivity index (χ3n) is 3.16. The molecule has 2 nitrogen and oxygen atoms in total. The first-order chi connectivity index (χ1) is 4.86. The predicted octanol–water partition coefficient (Wildman–Crippen LogP) is 0.801. The SMILES string of the molecule is [NH-][NH+]1CCC2CCC1CC2. The van der Waals surface area contributed by atoms with E-state index >= 15 is 0 Å². The van der Waals surface area contributed by atoms with E-state index in [1.54, 1.807) is 0 Å². The molecule has 1 aliphatic carbocycles. The zero-order valence-corrected chi connectivity index (χ0v) is 6.40. The van der Waals surface area contributed by atoms with Gasteiger partial charge in [0.25, 0.3) is 0 Å². The van der Waals surface area contributed by atoms with Gasteiger partial charge < -0.3 is 10.9 Å². The molecule has 3 fully saturated rings. The highest BCUT2D eigenvalue weighted by Crippen LogP contribution is 2.27. The Morgan fingerprint density at radius 2 is 1.70 bits per heavy atom. The van der Waals surface area contributed by atoms with Crippen LogP contribution in [0.5, 0.6) is 0 Å². The van der Waals surface area contributed by atoms with Crippen molar-refractivity contribution in [2.45, 2.75) is 38.1 Å². The van der Waals surface area contributed by atoms with Gasteiger partial charge in [0.2, 0.25) is 0 Å². The normalized spacial score (nSPS) is 47.1. The van der Waals surface area contributed by atoms with Crippen molar-refractivity contribution in [3.63, 3.8) is 0 Å². The molecule has 0 radical (unpaired) electrons. The molecule has 2 bridgehead atoms. The molecule has 0 aromatic rings. The number of fused-ring (bicyclic) bond motifs is 4. The first-order valence-electron chi connectivity index (χ1n) is 4.43. The average Bonchev–Trinajstić information content (AvgIpc) is 2.24. The lowest BCUT2D eigenvalue weighted by Crippen LogP contribution is -3.09. The predicted molar refractivity (Wildman–Crippen MR) is 40.5 cm³/mol. The Hall–Kier alpha value is -0.0800. The second kappa shape index (κ2) is 2.51. The second-order valence-electron chi connectivity index (χ2n) is 3.78. The Morgan fingerprint density at radius 3 is 2.40 bits per heavy atom. The summed E-state index contributed by atoms with van der Waals surface area (Å²) in [5.74, 6) is 8.70. The third kappa shape index (κ3) is 1.06. The molecule has 3 aliphatic rings. The second-order valence-corrected chi connectivity index (χ2v) is 3.78. The van der Waals surface area contributed by atoms with E-state index in [2.05, 4.69) is 0 Å². The lowest BCUT2D eigenvalue weighted by atomic mass is 9.87. The van der Waals surface area contributed by atoms with Crippen molar-refractivity contribution in [2.24, 2.45) is 5.92 Å². The van der Waals surface area contributed by atoms with E-state index in [1.165, 1.54) is 32.1 Å². The van der Waals surface area contributed by atoms with Crippen LogP contribution in [0.4, 0.5) is 0 Å². The zero-order valence-electron chi connectivity index (χ0n) is 6.40. The standard InChI is InChI=1S/C8H16N2/c9-10-6-5-7-1-3-8(10)4-2-7/h7-10H,1-6H2. The van der Waals surface area contributed by atoms with Gasteiger partial charge in [-0.25, -0.2) is 0 Å². The molecule has 10 heavy (non-hydrogen) atoms. The highest BCUT2D eigenvalue weighted by atomic mass is 15.4. The molecule has 58 valence electrons. The average molecular weight is 140 g/mol. The number of rotatable bonds is 0. The maximum Gasteiger partial charge on any atom is 0.0785 e. The fourth-order valence-electron chi connectivity index (χ4n) is 2.36. The van der Waals surface area contributed by atoms with Crippen LogP contribution < -0.4 is 5.01 Å². The van der Waals surface area contributed by atoms with Gasteiger partial charge in [-0.3, -0.25) is 0 Å². The maximum atomic E-state index is 7.71. The minimum Gasteiger partial charge on any atom is -0.469 e. The molecule has 2 N–H and O–H groups in total. The molecule has 0 aromatic carbocycles. The molecule has 0 spiro atoms. The molecule has 2 heteroatoms. The number of nitrogens with one attached hydrogen (secondary N) is 2. The first kappa shape index (κ1) is 6.62. The van der Waals surface area contributed by atoms with Crippen LogP contribution in [0.1, 0.15) is 32.1 Å². The fraction of sp³-hybridized carbons (Fsp3) is 1.00. The molecule has 1 unspecified atom stereocenters. The minimum atomic E-state index is 0.693. The Bertz CT molecular complexity index is 116. The van der Waals surface area contributed by atoms with Gasteiger partial charge >= 0.3 is 0 Å². The lowest BCUT2D eigenvalue weighted by Gasteiger charge is -2.29. The Morgan fingerprint density at radius 1 is 1.00 bits per heavy atom. The van der Waals surface area contributed by atoms with Gasteiger partial charge in [0.05, 0.1) is 12.6 Å². The monoisotopic (exact) mass is 140 g/mol. The van der Waals surface area contributed by atoms with Crippen molar-refractivity contribution >= 4 is 0 Å². The van der Waals surface area contributed by atoms with Crippen LogP contribution in [-0.2, 0) is 0 Å². The third-order valence-corrected chi connectivity index (χ3v) is 3.16. The molecule has 2 heterocycles. The first-order valence-corrected chi connectivity index (χ1v) is 4.43. The summed E-state index contributed by atoms with van der Waals surface area (Å²) in [7, 11) is 0. The molecule has 2 aliphatic heterocycles. The summed E-state index contributed by atoms with van der Waals surface area (Å²) in [5, 5.41) is 1.06. The molecule has 0 aromatic heterocycles. The molecule has 1 atom stereocenters. The van der Waals surface area contributed by atoms with Crippen molar-refractivity contribution in [3.8, 4) is 0 Å². The Kier molecular flexibility index (Phi) is 1.66. The number of hydrogen-bond donors (Lipinski definition) is 1. The van der Waals surface area contributed by atoms with Crippen molar-refractivity contribution in [1.29, 1.82) is 0 Å². The van der Waals surface area contributed by atoms with Gasteiger partial charge in [0.1, 0.15) is 0 Å². The van der Waals surface area contributed by atoms with E-state index in [9.17, 15) is 0 Å². The van der Waals surface area contributed by atoms with Crippen molar-refractivity contribution in [3.05, 3.63) is 5.84 Å². The van der Waals surface area contributed by atoms with E-state index in [4.69, 9.17) is 5.84 Å². The zero-order chi connectivity index (χ0) is 6.97. The minimum absolute atomic E-state index is 0.693. The molecular weight excluding hydrogens is 124 g/mol. The van der Waals surface area contributed by atoms with Crippen molar-refractivity contribution in [1.82, 2.24) is 0 Å². The van der Waals surface area contributed by atoms with Gasteiger partial charge in [-0.2, -0.15) is 0 Å². The summed E-state index contributed by atoms with van der Waals surface area (Å²) in [5.41, 5.74) is 0. The van der Waals surface area contributed by atoms with Crippen LogP contribution in [0, 0.1) is 5.92 Å². The summed E-state index contributed by atoms with van der Waals surface area (Å²) < 4.78 is 0. The van der Waals surface area contributed by atoms with E-state index in [0.717, 1.165) is 17.5 Å². The Balaban J connectivity index is 2.07. The highest BCUT2D eigenvalue weighted by Gasteiger charge is 2.28. The maximum absolute atomic E-state index is 7.71. The van der Waals surface area contributed by atoms with Crippen LogP contribution in [0.15, 0.2) is 0 Å². The van der Waals surface area contributed by atoms with Crippen LogP contribution in [-0.4, -0.2) is 12.6 Å². The Labute approximate surface area is 62.4 Å². The molecule has 0 amide bonds. The number of quaternary nitrogens is 1. The van der Waals surface area contributed by atoms with E-state index in [-0.39, 0.29) is 0 Å². The van der Waals surface area contributed by atoms with Crippen LogP contribution in [0.3, 0.4) is 0 Å². The fourth-order valence-corrected chi connectivity index (χ4v) is 2.36. The smallest absolute Gasteiger partial charge is 0.0785 e. The van der Waals surface area contributed by atoms with Gasteiger partial charge in [0.15, 0.2) is 0 Å². The van der Waals surface area contributed by atoms with Gasteiger partial charge in [-0.1, -0.05) is 0 Å². The summed E-state index contributed by atoms with van der Waals surface area (Å²) in [4.78, 5) is 0. The molecule has 1 saturated carbocycles. The van der Waals surface area contributed by atoms with Gasteiger partial charge in [0, 0.05) is 0 Å². The van der Waals surface area contributed by atoms with Crippen LogP contribution in [0.25, 0.3) is 5.84 Å². The van der Waals surface area contributed by atoms with E-state index in [1.807, 2.05) is 0 Å². The summed E-state index contributed by atoms with van der Waals surface area (Å²) in [6, 6.07) is 0.693. The van der Waals surface area contributed by atoms with Gasteiger partial charge in [-0.05, 0) is 38.0 Å². The van der Waals surface area contributed by atoms with Gasteiger partial charge in [-0.15, -0.1) is 0 Å². The van der Waals surface area contributed by atoms with Crippen molar-refractivity contribution in [2.75, 3.05) is 6.54 Å². The highest BCUT2D eigenvalue weighted by molar-refractivity contribution is 4.74. The molecule has 2 saturated heterocycles. The van der Waals surface area contributed by atoms with Crippen LogP contribution in [0.2, 0.25) is 0 Å². The van der Waals surface area contributed by atoms with E-state index < -0.39 is 0 Å². The summed E-state index contributed by atoms with van der Waals surface area (Å²) >= 11 is 0. The van der Waals surface area contributed by atoms with Crippen LogP contribution >= 0.6 is 0 Å². The molecular formula is C8H16N2. The van der Waals surface area contributed by atoms with Crippen molar-refractivity contribution < 1.29 is 5.01 Å². The lowest BCUT2D eigenvalue weighted by molar-refractivity contribution is -0.874. The summed E-state index contributed by atoms with van der Waals surface area (Å²) in [6.07, 6.45) is 6.78. The van der Waals surface area contributed by atoms with E-state index in [0.29, 0.717) is 6.04 Å². The summed E-state index contributed by atoms with van der Waals surface area (Å²) in [6.45, 7) is 1.11. The number of hydrogen-bond acceptors (Lipinski definition) is 0. The topological polar surface area (TPSA) is 28.2 Å². The quantitative estimate of drug-likeness (QED) is 0.515. The molecule has 3 rings (SSSR count). The largest absolute Gasteiger partial charge is 0.469 e.